The van der Waals surface area contributed by atoms with Gasteiger partial charge in [-0.3, -0.25) is 0 Å². The molecule has 1 heterocycles. The second-order valence-corrected chi connectivity index (χ2v) is 5.38. The highest BCUT2D eigenvalue weighted by atomic mass is 35.5. The third-order valence-electron chi connectivity index (χ3n) is 3.62. The van der Waals surface area contributed by atoms with Crippen LogP contribution in [0, 0.1) is 6.92 Å². The van der Waals surface area contributed by atoms with Crippen molar-refractivity contribution in [3.8, 4) is 16.9 Å². The van der Waals surface area contributed by atoms with Crippen LogP contribution in [0.1, 0.15) is 5.56 Å². The average Bonchev–Trinajstić information content (AvgIpc) is 2.46. The van der Waals surface area contributed by atoms with Crippen molar-refractivity contribution in [2.24, 2.45) is 0 Å². The second-order valence-electron chi connectivity index (χ2n) is 4.94. The lowest BCUT2D eigenvalue weighted by Gasteiger charge is -2.14. The van der Waals surface area contributed by atoms with E-state index in [1.165, 1.54) is 0 Å². The van der Waals surface area contributed by atoms with Crippen molar-refractivity contribution in [1.29, 1.82) is 0 Å². The van der Waals surface area contributed by atoms with Crippen molar-refractivity contribution < 1.29 is 4.74 Å². The van der Waals surface area contributed by atoms with Crippen molar-refractivity contribution in [3.63, 3.8) is 0 Å². The number of halogens is 1. The highest BCUT2D eigenvalue weighted by Gasteiger charge is 2.14. The molecule has 0 fully saturated rings. The van der Waals surface area contributed by atoms with E-state index < -0.39 is 0 Å². The van der Waals surface area contributed by atoms with E-state index in [4.69, 9.17) is 27.8 Å². The van der Waals surface area contributed by atoms with Crippen LogP contribution in [-0.2, 0) is 0 Å². The molecule has 112 valence electrons. The number of fused-ring (bicyclic) bond motifs is 1. The summed E-state index contributed by atoms with van der Waals surface area (Å²) in [5, 5.41) is 1.42. The first-order valence-electron chi connectivity index (χ1n) is 6.67. The van der Waals surface area contributed by atoms with Crippen molar-refractivity contribution in [2.45, 2.75) is 6.92 Å². The summed E-state index contributed by atoms with van der Waals surface area (Å²) in [6.45, 7) is 1.97. The van der Waals surface area contributed by atoms with Crippen LogP contribution in [0.2, 0.25) is 5.02 Å². The molecule has 0 saturated carbocycles. The molecular weight excluding hydrogens is 300 g/mol. The monoisotopic (exact) mass is 314 g/mol. The van der Waals surface area contributed by atoms with Gasteiger partial charge >= 0.3 is 0 Å². The number of nitrogens with zero attached hydrogens (tertiary/aromatic N) is 2. The standard InChI is InChI=1S/C16H15ClN4O/c1-8-10(11-7-9(17)3-6-13(11)22-2)4-5-12-14(8)15(18)21-16(19)20-12/h3-7H,1-2H3,(H4,18,19,20,21). The lowest BCUT2D eigenvalue weighted by molar-refractivity contribution is 0.416. The van der Waals surface area contributed by atoms with Crippen LogP contribution in [0.3, 0.4) is 0 Å². The molecule has 0 radical (unpaired) electrons. The van der Waals surface area contributed by atoms with Crippen LogP contribution in [0.4, 0.5) is 11.8 Å². The Morgan fingerprint density at radius 1 is 1.05 bits per heavy atom. The number of aromatic nitrogens is 2. The molecule has 0 amide bonds. The van der Waals surface area contributed by atoms with Gasteiger partial charge in [0, 0.05) is 16.0 Å². The summed E-state index contributed by atoms with van der Waals surface area (Å²) in [5.74, 6) is 1.27. The van der Waals surface area contributed by atoms with Crippen LogP contribution in [0.15, 0.2) is 30.3 Å². The van der Waals surface area contributed by atoms with Crippen molar-refractivity contribution in [1.82, 2.24) is 9.97 Å². The number of hydrogen-bond acceptors (Lipinski definition) is 5. The maximum Gasteiger partial charge on any atom is 0.222 e. The lowest BCUT2D eigenvalue weighted by atomic mass is 9.96. The molecule has 22 heavy (non-hydrogen) atoms. The Kier molecular flexibility index (Phi) is 3.50. The molecule has 0 bridgehead atoms. The minimum absolute atomic E-state index is 0.164. The first kappa shape index (κ1) is 14.4. The third kappa shape index (κ3) is 2.29. The van der Waals surface area contributed by atoms with E-state index in [-0.39, 0.29) is 5.95 Å². The van der Waals surface area contributed by atoms with Gasteiger partial charge in [0.2, 0.25) is 5.95 Å². The molecule has 3 rings (SSSR count). The van der Waals surface area contributed by atoms with Gasteiger partial charge in [0.05, 0.1) is 12.6 Å². The van der Waals surface area contributed by atoms with Crippen molar-refractivity contribution >= 4 is 34.3 Å². The first-order valence-corrected chi connectivity index (χ1v) is 7.05. The van der Waals surface area contributed by atoms with Crippen molar-refractivity contribution in [3.05, 3.63) is 40.9 Å². The molecule has 0 atom stereocenters. The van der Waals surface area contributed by atoms with Gasteiger partial charge in [-0.25, -0.2) is 4.98 Å². The van der Waals surface area contributed by atoms with Gasteiger partial charge < -0.3 is 16.2 Å². The zero-order chi connectivity index (χ0) is 15.9. The molecular formula is C16H15ClN4O. The number of nitrogen functional groups attached to an aromatic ring is 2. The summed E-state index contributed by atoms with van der Waals surface area (Å²) in [4.78, 5) is 8.27. The molecule has 2 aromatic carbocycles. The smallest absolute Gasteiger partial charge is 0.222 e. The van der Waals surface area contributed by atoms with Gasteiger partial charge in [0.15, 0.2) is 0 Å². The van der Waals surface area contributed by atoms with Crippen LogP contribution >= 0.6 is 11.6 Å². The van der Waals surface area contributed by atoms with E-state index in [0.717, 1.165) is 27.8 Å². The summed E-state index contributed by atoms with van der Waals surface area (Å²) in [7, 11) is 1.63. The van der Waals surface area contributed by atoms with E-state index in [0.29, 0.717) is 16.4 Å². The molecule has 0 aliphatic heterocycles. The predicted molar refractivity (Wildman–Crippen MR) is 90.1 cm³/mol. The number of hydrogen-bond donors (Lipinski definition) is 2. The number of aryl methyl sites for hydroxylation is 1. The summed E-state index contributed by atoms with van der Waals surface area (Å²) >= 11 is 6.12. The second kappa shape index (κ2) is 5.35. The van der Waals surface area contributed by atoms with E-state index in [1.54, 1.807) is 13.2 Å². The maximum atomic E-state index is 6.12. The summed E-state index contributed by atoms with van der Waals surface area (Å²) in [5.41, 5.74) is 15.2. The molecule has 5 nitrogen and oxygen atoms in total. The Morgan fingerprint density at radius 3 is 2.55 bits per heavy atom. The minimum atomic E-state index is 0.164. The Hall–Kier alpha value is -2.53. The van der Waals surface area contributed by atoms with Crippen LogP contribution in [0.5, 0.6) is 5.75 Å². The Balaban J connectivity index is 2.34. The first-order chi connectivity index (χ1) is 10.5. The molecule has 6 heteroatoms. The van der Waals surface area contributed by atoms with Gasteiger partial charge in [0.25, 0.3) is 0 Å². The molecule has 0 spiro atoms. The van der Waals surface area contributed by atoms with Crippen molar-refractivity contribution in [2.75, 3.05) is 18.6 Å². The summed E-state index contributed by atoms with van der Waals surface area (Å²) < 4.78 is 5.43. The molecule has 0 unspecified atom stereocenters. The van der Waals surface area contributed by atoms with Gasteiger partial charge in [-0.2, -0.15) is 4.98 Å². The highest BCUT2D eigenvalue weighted by molar-refractivity contribution is 6.31. The molecule has 4 N–H and O–H groups in total. The predicted octanol–water partition coefficient (Wildman–Crippen LogP) is 3.43. The Labute approximate surface area is 132 Å². The lowest BCUT2D eigenvalue weighted by Crippen LogP contribution is -2.02. The van der Waals surface area contributed by atoms with Crippen LogP contribution < -0.4 is 16.2 Å². The van der Waals surface area contributed by atoms with E-state index in [9.17, 15) is 0 Å². The zero-order valence-electron chi connectivity index (χ0n) is 12.2. The Bertz CT molecular complexity index is 880. The zero-order valence-corrected chi connectivity index (χ0v) is 13.0. The fraction of sp³-hybridized carbons (Fsp3) is 0.125. The molecule has 3 aromatic rings. The van der Waals surface area contributed by atoms with Crippen LogP contribution in [0.25, 0.3) is 22.0 Å². The van der Waals surface area contributed by atoms with Gasteiger partial charge in [-0.05, 0) is 42.3 Å². The number of ether oxygens (including phenoxy) is 1. The van der Waals surface area contributed by atoms with Gasteiger partial charge in [-0.15, -0.1) is 0 Å². The SMILES string of the molecule is COc1ccc(Cl)cc1-c1ccc2nc(N)nc(N)c2c1C. The topological polar surface area (TPSA) is 87.0 Å². The van der Waals surface area contributed by atoms with E-state index >= 15 is 0 Å². The fourth-order valence-corrected chi connectivity index (χ4v) is 2.80. The Morgan fingerprint density at radius 2 is 1.82 bits per heavy atom. The molecule has 1 aromatic heterocycles. The maximum absolute atomic E-state index is 6.12. The normalized spacial score (nSPS) is 10.9. The number of nitrogens with two attached hydrogens (primary N) is 2. The average molecular weight is 315 g/mol. The number of methoxy groups -OCH3 is 1. The molecule has 0 aliphatic rings. The quantitative estimate of drug-likeness (QED) is 0.756. The highest BCUT2D eigenvalue weighted by Crippen LogP contribution is 2.37. The number of rotatable bonds is 2. The largest absolute Gasteiger partial charge is 0.496 e. The molecule has 0 aliphatic carbocycles. The number of anilines is 2. The fourth-order valence-electron chi connectivity index (χ4n) is 2.62. The molecule has 0 saturated heterocycles. The van der Waals surface area contributed by atoms with Gasteiger partial charge in [-0.1, -0.05) is 17.7 Å². The third-order valence-corrected chi connectivity index (χ3v) is 3.86. The summed E-state index contributed by atoms with van der Waals surface area (Å²) in [6.07, 6.45) is 0. The number of benzene rings is 2. The van der Waals surface area contributed by atoms with E-state index in [1.807, 2.05) is 31.2 Å². The van der Waals surface area contributed by atoms with Gasteiger partial charge in [0.1, 0.15) is 11.6 Å². The van der Waals surface area contributed by atoms with E-state index in [2.05, 4.69) is 9.97 Å². The minimum Gasteiger partial charge on any atom is -0.496 e. The van der Waals surface area contributed by atoms with Crippen LogP contribution in [-0.4, -0.2) is 17.1 Å². The summed E-state index contributed by atoms with van der Waals surface area (Å²) in [6, 6.07) is 9.32.